The number of Topliss-reactive ketones (excluding diaryl/α,β-unsaturated/α-hetero) is 1. The largest absolute Gasteiger partial charge is 0.445 e. The fourth-order valence-electron chi connectivity index (χ4n) is 3.85. The van der Waals surface area contributed by atoms with Crippen LogP contribution >= 0.6 is 0 Å². The molecule has 2 heterocycles. The number of rotatable bonds is 9. The van der Waals surface area contributed by atoms with Crippen molar-refractivity contribution in [1.29, 1.82) is 0 Å². The zero-order valence-corrected chi connectivity index (χ0v) is 16.7. The Kier molecular flexibility index (Phi) is 7.77. The lowest BCUT2D eigenvalue weighted by Crippen LogP contribution is -2.62. The summed E-state index contributed by atoms with van der Waals surface area (Å²) in [6.07, 6.45) is 3.62. The molecule has 0 aromatic carbocycles. The van der Waals surface area contributed by atoms with Crippen molar-refractivity contribution >= 4 is 17.8 Å². The van der Waals surface area contributed by atoms with E-state index in [-0.39, 0.29) is 42.8 Å². The maximum absolute atomic E-state index is 12.6. The van der Waals surface area contributed by atoms with Crippen LogP contribution in [0.1, 0.15) is 33.1 Å². The van der Waals surface area contributed by atoms with Crippen molar-refractivity contribution in [3.05, 3.63) is 24.3 Å². The number of likely N-dealkylation sites (tertiary alicyclic amines) is 1. The van der Waals surface area contributed by atoms with Gasteiger partial charge < -0.3 is 19.9 Å². The molecule has 8 nitrogen and oxygen atoms in total. The minimum absolute atomic E-state index is 0.114. The summed E-state index contributed by atoms with van der Waals surface area (Å²) in [5.74, 6) is -0.909. The van der Waals surface area contributed by atoms with Crippen LogP contribution < -0.4 is 5.32 Å². The minimum atomic E-state index is -0.796. The number of ketones is 1. The number of aliphatic hydroxyl groups is 1. The Labute approximate surface area is 165 Å². The molecule has 2 aliphatic heterocycles. The fraction of sp³-hybridized carbons (Fsp3) is 0.650. The highest BCUT2D eigenvalue weighted by Crippen LogP contribution is 2.28. The van der Waals surface area contributed by atoms with Crippen LogP contribution in [-0.4, -0.2) is 72.3 Å². The van der Waals surface area contributed by atoms with E-state index in [2.05, 4.69) is 11.9 Å². The quantitative estimate of drug-likeness (QED) is 0.346. The number of methoxy groups -OCH3 is 1. The molecule has 2 fully saturated rings. The second-order valence-corrected chi connectivity index (χ2v) is 7.39. The van der Waals surface area contributed by atoms with Crippen LogP contribution in [0.15, 0.2) is 24.3 Å². The van der Waals surface area contributed by atoms with Gasteiger partial charge in [0.25, 0.3) is 0 Å². The van der Waals surface area contributed by atoms with E-state index in [9.17, 15) is 19.5 Å². The smallest absolute Gasteiger partial charge is 0.410 e. The Morgan fingerprint density at radius 1 is 1.43 bits per heavy atom. The molecule has 8 heteroatoms. The topological polar surface area (TPSA) is 105 Å². The van der Waals surface area contributed by atoms with Crippen molar-refractivity contribution in [2.45, 2.75) is 57.3 Å². The van der Waals surface area contributed by atoms with Crippen LogP contribution in [0.4, 0.5) is 4.79 Å². The van der Waals surface area contributed by atoms with E-state index in [4.69, 9.17) is 9.47 Å². The van der Waals surface area contributed by atoms with Crippen molar-refractivity contribution in [2.24, 2.45) is 5.92 Å². The first kappa shape index (κ1) is 22.1. The third-order valence-electron chi connectivity index (χ3n) is 5.31. The van der Waals surface area contributed by atoms with Gasteiger partial charge in [-0.1, -0.05) is 18.7 Å². The summed E-state index contributed by atoms with van der Waals surface area (Å²) in [6.45, 7) is 7.31. The standard InChI is InChI=1S/C20H30N2O6/c1-5-8-28-20(26)22-14(6-7-15(22)11-27-4)9-12(2)17(24)10-16-18(13(3)23)19(25)21-16/h5,9,13-16,18,23H,1,6-8,10-11H2,2-4H3,(H,21,25)/b12-9+/t13-,14?,15?,16-,18-/m1/s1. The number of nitrogens with one attached hydrogen (secondary N) is 1. The fourth-order valence-corrected chi connectivity index (χ4v) is 3.85. The molecule has 2 aliphatic rings. The lowest BCUT2D eigenvalue weighted by Gasteiger charge is -2.38. The highest BCUT2D eigenvalue weighted by molar-refractivity contribution is 5.97. The second-order valence-electron chi connectivity index (χ2n) is 7.39. The van der Waals surface area contributed by atoms with E-state index < -0.39 is 18.1 Å². The van der Waals surface area contributed by atoms with E-state index in [0.717, 1.165) is 6.42 Å². The highest BCUT2D eigenvalue weighted by atomic mass is 16.6. The average molecular weight is 394 g/mol. The molecule has 2 unspecified atom stereocenters. The molecular weight excluding hydrogens is 364 g/mol. The van der Waals surface area contributed by atoms with Crippen molar-refractivity contribution in [3.63, 3.8) is 0 Å². The van der Waals surface area contributed by atoms with Gasteiger partial charge in [0.15, 0.2) is 5.78 Å². The zero-order chi connectivity index (χ0) is 20.8. The molecule has 156 valence electrons. The highest BCUT2D eigenvalue weighted by Gasteiger charge is 2.43. The molecule has 0 aromatic heterocycles. The third-order valence-corrected chi connectivity index (χ3v) is 5.31. The molecule has 28 heavy (non-hydrogen) atoms. The molecule has 2 rings (SSSR count). The zero-order valence-electron chi connectivity index (χ0n) is 16.7. The Morgan fingerprint density at radius 2 is 2.14 bits per heavy atom. The van der Waals surface area contributed by atoms with Crippen LogP contribution in [0.3, 0.4) is 0 Å². The number of aliphatic hydroxyl groups excluding tert-OH is 1. The summed E-state index contributed by atoms with van der Waals surface area (Å²) < 4.78 is 10.4. The third kappa shape index (κ3) is 4.99. The van der Waals surface area contributed by atoms with E-state index in [1.165, 1.54) is 6.08 Å². The Balaban J connectivity index is 2.05. The SMILES string of the molecule is C=CCOC(=O)N1C(/C=C(\C)C(=O)C[C@H]2NC(=O)[C@@H]2[C@@H](C)O)CCC1COC. The van der Waals surface area contributed by atoms with Crippen LogP contribution in [0, 0.1) is 5.92 Å². The van der Waals surface area contributed by atoms with Crippen LogP contribution in [0.25, 0.3) is 0 Å². The number of hydrogen-bond acceptors (Lipinski definition) is 6. The summed E-state index contributed by atoms with van der Waals surface area (Å²) in [5, 5.41) is 12.3. The Bertz CT molecular complexity index is 645. The minimum Gasteiger partial charge on any atom is -0.445 e. The summed E-state index contributed by atoms with van der Waals surface area (Å²) in [7, 11) is 1.58. The molecule has 0 aromatic rings. The van der Waals surface area contributed by atoms with E-state index >= 15 is 0 Å². The van der Waals surface area contributed by atoms with E-state index in [1.807, 2.05) is 0 Å². The van der Waals surface area contributed by atoms with Crippen LogP contribution in [-0.2, 0) is 19.1 Å². The summed E-state index contributed by atoms with van der Waals surface area (Å²) in [6, 6.07) is -0.733. The van der Waals surface area contributed by atoms with Gasteiger partial charge in [-0.2, -0.15) is 0 Å². The molecule has 0 spiro atoms. The second kappa shape index (κ2) is 9.84. The molecule has 2 N–H and O–H groups in total. The molecule has 0 bridgehead atoms. The Morgan fingerprint density at radius 3 is 2.71 bits per heavy atom. The van der Waals surface area contributed by atoms with Crippen LogP contribution in [0.5, 0.6) is 0 Å². The van der Waals surface area contributed by atoms with Crippen molar-refractivity contribution in [3.8, 4) is 0 Å². The van der Waals surface area contributed by atoms with Crippen molar-refractivity contribution in [1.82, 2.24) is 10.2 Å². The van der Waals surface area contributed by atoms with Gasteiger partial charge in [-0.25, -0.2) is 4.79 Å². The van der Waals surface area contributed by atoms with Crippen LogP contribution in [0.2, 0.25) is 0 Å². The lowest BCUT2D eigenvalue weighted by atomic mass is 9.82. The first-order chi connectivity index (χ1) is 13.3. The maximum atomic E-state index is 12.6. The lowest BCUT2D eigenvalue weighted by molar-refractivity contribution is -0.141. The summed E-state index contributed by atoms with van der Waals surface area (Å²) in [4.78, 5) is 38.2. The van der Waals surface area contributed by atoms with E-state index in [0.29, 0.717) is 18.6 Å². The molecule has 2 amide bonds. The number of nitrogens with zero attached hydrogens (tertiary/aromatic N) is 1. The number of β-lactam (4-membered cyclic amide) rings is 1. The van der Waals surface area contributed by atoms with Crippen molar-refractivity contribution < 1.29 is 29.0 Å². The molecular formula is C20H30N2O6. The van der Waals surface area contributed by atoms with Gasteiger partial charge in [0, 0.05) is 13.5 Å². The summed E-state index contributed by atoms with van der Waals surface area (Å²) in [5.41, 5.74) is 0.523. The Hall–Kier alpha value is -2.19. The van der Waals surface area contributed by atoms with Gasteiger partial charge in [0.05, 0.1) is 36.8 Å². The van der Waals surface area contributed by atoms with E-state index in [1.54, 1.807) is 31.9 Å². The number of carbonyl (C=O) groups excluding carboxylic acids is 3. The van der Waals surface area contributed by atoms with Crippen molar-refractivity contribution in [2.75, 3.05) is 20.3 Å². The number of hydrogen-bond donors (Lipinski definition) is 2. The first-order valence-electron chi connectivity index (χ1n) is 9.55. The first-order valence-corrected chi connectivity index (χ1v) is 9.55. The molecule has 2 saturated heterocycles. The normalized spacial score (nSPS) is 28.4. The van der Waals surface area contributed by atoms with Gasteiger partial charge in [0.1, 0.15) is 6.61 Å². The number of amides is 2. The van der Waals surface area contributed by atoms with Gasteiger partial charge in [-0.15, -0.1) is 0 Å². The van der Waals surface area contributed by atoms with Gasteiger partial charge >= 0.3 is 6.09 Å². The molecule has 5 atom stereocenters. The maximum Gasteiger partial charge on any atom is 0.410 e. The number of carbonyl (C=O) groups is 3. The van der Waals surface area contributed by atoms with Gasteiger partial charge in [0.2, 0.25) is 5.91 Å². The predicted molar refractivity (Wildman–Crippen MR) is 103 cm³/mol. The van der Waals surface area contributed by atoms with Gasteiger partial charge in [-0.05, 0) is 32.3 Å². The predicted octanol–water partition coefficient (Wildman–Crippen LogP) is 1.19. The monoisotopic (exact) mass is 394 g/mol. The molecule has 0 aliphatic carbocycles. The summed E-state index contributed by atoms with van der Waals surface area (Å²) >= 11 is 0. The number of allylic oxidation sites excluding steroid dienone is 1. The van der Waals surface area contributed by atoms with Gasteiger partial charge in [-0.3, -0.25) is 14.5 Å². The molecule has 0 saturated carbocycles. The number of ether oxygens (including phenoxy) is 2. The average Bonchev–Trinajstić information content (AvgIpc) is 3.00. The molecule has 0 radical (unpaired) electrons.